The fourth-order valence-corrected chi connectivity index (χ4v) is 1.38. The normalized spacial score (nSPS) is 10.0. The average molecular weight is 246 g/mol. The molecule has 1 aromatic carbocycles. The Labute approximate surface area is 102 Å². The van der Waals surface area contributed by atoms with Gasteiger partial charge in [-0.1, -0.05) is 0 Å². The first kappa shape index (κ1) is 11.6. The highest BCUT2D eigenvalue weighted by molar-refractivity contribution is 6.04. The Kier molecular flexibility index (Phi) is 2.96. The van der Waals surface area contributed by atoms with Crippen molar-refractivity contribution in [3.63, 3.8) is 0 Å². The fraction of sp³-hybridized carbons (Fsp3) is 0. The predicted octanol–water partition coefficient (Wildman–Crippen LogP) is 0.942. The molecule has 2 rings (SSSR count). The van der Waals surface area contributed by atoms with Gasteiger partial charge in [0.05, 0.1) is 16.9 Å². The second-order valence-electron chi connectivity index (χ2n) is 3.53. The zero-order valence-corrected chi connectivity index (χ0v) is 9.18. The third-order valence-corrected chi connectivity index (χ3v) is 2.29. The lowest BCUT2D eigenvalue weighted by molar-refractivity contribution is 0.0697. The van der Waals surface area contributed by atoms with E-state index in [4.69, 9.17) is 10.8 Å². The summed E-state index contributed by atoms with van der Waals surface area (Å²) in [5.74, 6) is -1.48. The van der Waals surface area contributed by atoms with E-state index in [2.05, 4.69) is 15.5 Å². The van der Waals surface area contributed by atoms with Crippen molar-refractivity contribution in [3.8, 4) is 0 Å². The van der Waals surface area contributed by atoms with Crippen LogP contribution in [0.15, 0.2) is 30.5 Å². The van der Waals surface area contributed by atoms with Gasteiger partial charge in [-0.15, -0.1) is 0 Å². The first-order valence-electron chi connectivity index (χ1n) is 5.01. The minimum atomic E-state index is -1.08. The lowest BCUT2D eigenvalue weighted by Crippen LogP contribution is -2.14. The number of nitrogens with two attached hydrogens (primary N) is 1. The van der Waals surface area contributed by atoms with E-state index in [-0.39, 0.29) is 16.9 Å². The second-order valence-corrected chi connectivity index (χ2v) is 3.53. The Morgan fingerprint density at radius 2 is 2.11 bits per heavy atom. The number of benzene rings is 1. The van der Waals surface area contributed by atoms with Gasteiger partial charge in [0.2, 0.25) is 0 Å². The molecule has 1 aromatic heterocycles. The Bertz CT molecular complexity index is 592. The van der Waals surface area contributed by atoms with E-state index in [9.17, 15) is 9.59 Å². The Morgan fingerprint density at radius 1 is 1.33 bits per heavy atom. The summed E-state index contributed by atoms with van der Waals surface area (Å²) in [4.78, 5) is 22.4. The van der Waals surface area contributed by atoms with Crippen molar-refractivity contribution in [3.05, 3.63) is 41.7 Å². The second kappa shape index (κ2) is 4.58. The molecule has 1 heterocycles. The number of nitrogens with zero attached hydrogens (tertiary/aromatic N) is 1. The lowest BCUT2D eigenvalue weighted by atomic mass is 10.1. The smallest absolute Gasteiger partial charge is 0.335 e. The number of carbonyl (C=O) groups is 2. The van der Waals surface area contributed by atoms with Crippen LogP contribution in [0.4, 0.5) is 11.4 Å². The first-order chi connectivity index (χ1) is 8.58. The van der Waals surface area contributed by atoms with Crippen molar-refractivity contribution in [1.82, 2.24) is 10.2 Å². The summed E-state index contributed by atoms with van der Waals surface area (Å²) in [5.41, 5.74) is 6.54. The van der Waals surface area contributed by atoms with E-state index in [0.29, 0.717) is 5.69 Å². The zero-order chi connectivity index (χ0) is 13.1. The number of carboxylic acid groups (broad SMARTS) is 1. The number of amides is 1. The standard InChI is InChI=1S/C11H10N4O3/c12-7-5-6(11(17)18)1-2-8(7)14-10(16)9-3-4-13-15-9/h1-5H,12H2,(H,13,15)(H,14,16)(H,17,18). The summed E-state index contributed by atoms with van der Waals surface area (Å²) >= 11 is 0. The number of anilines is 2. The van der Waals surface area contributed by atoms with Crippen LogP contribution in [0.3, 0.4) is 0 Å². The number of hydrogen-bond acceptors (Lipinski definition) is 4. The quantitative estimate of drug-likeness (QED) is 0.600. The number of H-pyrrole nitrogens is 1. The molecule has 92 valence electrons. The van der Waals surface area contributed by atoms with Crippen LogP contribution in [0.5, 0.6) is 0 Å². The summed E-state index contributed by atoms with van der Waals surface area (Å²) in [6, 6.07) is 5.59. The van der Waals surface area contributed by atoms with Gasteiger partial charge in [-0.25, -0.2) is 4.79 Å². The van der Waals surface area contributed by atoms with Gasteiger partial charge in [-0.2, -0.15) is 5.10 Å². The van der Waals surface area contributed by atoms with Gasteiger partial charge in [-0.3, -0.25) is 9.89 Å². The van der Waals surface area contributed by atoms with E-state index in [0.717, 1.165) is 0 Å². The average Bonchev–Trinajstić information content (AvgIpc) is 2.85. The van der Waals surface area contributed by atoms with Crippen molar-refractivity contribution >= 4 is 23.3 Å². The fourth-order valence-electron chi connectivity index (χ4n) is 1.38. The minimum Gasteiger partial charge on any atom is -0.478 e. The number of nitrogen functional groups attached to an aromatic ring is 1. The van der Waals surface area contributed by atoms with Gasteiger partial charge in [-0.05, 0) is 24.3 Å². The van der Waals surface area contributed by atoms with Crippen molar-refractivity contribution in [2.45, 2.75) is 0 Å². The van der Waals surface area contributed by atoms with Gasteiger partial charge >= 0.3 is 5.97 Å². The molecule has 18 heavy (non-hydrogen) atoms. The summed E-state index contributed by atoms with van der Waals surface area (Å²) in [6.45, 7) is 0. The van der Waals surface area contributed by atoms with Crippen LogP contribution in [0.1, 0.15) is 20.8 Å². The largest absolute Gasteiger partial charge is 0.478 e. The van der Waals surface area contributed by atoms with Gasteiger partial charge < -0.3 is 16.2 Å². The number of hydrogen-bond donors (Lipinski definition) is 4. The van der Waals surface area contributed by atoms with Crippen molar-refractivity contribution in [2.75, 3.05) is 11.1 Å². The molecular formula is C11H10N4O3. The zero-order valence-electron chi connectivity index (χ0n) is 9.18. The van der Waals surface area contributed by atoms with E-state index in [1.165, 1.54) is 30.5 Å². The van der Waals surface area contributed by atoms with Gasteiger partial charge in [0, 0.05) is 6.20 Å². The molecule has 0 saturated carbocycles. The van der Waals surface area contributed by atoms with Crippen LogP contribution >= 0.6 is 0 Å². The predicted molar refractivity (Wildman–Crippen MR) is 64.4 cm³/mol. The van der Waals surface area contributed by atoms with Crippen molar-refractivity contribution in [1.29, 1.82) is 0 Å². The Hall–Kier alpha value is -2.83. The van der Waals surface area contributed by atoms with Crippen LogP contribution in [-0.4, -0.2) is 27.2 Å². The van der Waals surface area contributed by atoms with Crippen LogP contribution in [0.2, 0.25) is 0 Å². The lowest BCUT2D eigenvalue weighted by Gasteiger charge is -2.07. The number of rotatable bonds is 3. The van der Waals surface area contributed by atoms with Crippen molar-refractivity contribution < 1.29 is 14.7 Å². The third kappa shape index (κ3) is 2.29. The maximum absolute atomic E-state index is 11.7. The molecule has 0 unspecified atom stereocenters. The molecule has 0 saturated heterocycles. The van der Waals surface area contributed by atoms with Crippen LogP contribution in [0.25, 0.3) is 0 Å². The molecule has 0 bridgehead atoms. The molecule has 0 radical (unpaired) electrons. The molecule has 0 aliphatic rings. The summed E-state index contributed by atoms with van der Waals surface area (Å²) < 4.78 is 0. The molecule has 1 amide bonds. The van der Waals surface area contributed by atoms with Crippen LogP contribution in [0, 0.1) is 0 Å². The van der Waals surface area contributed by atoms with Crippen molar-refractivity contribution in [2.24, 2.45) is 0 Å². The number of aromatic carboxylic acids is 1. The monoisotopic (exact) mass is 246 g/mol. The van der Waals surface area contributed by atoms with Gasteiger partial charge in [0.25, 0.3) is 5.91 Å². The molecule has 0 aliphatic carbocycles. The van der Waals surface area contributed by atoms with E-state index in [1.807, 2.05) is 0 Å². The highest BCUT2D eigenvalue weighted by Gasteiger charge is 2.11. The molecule has 0 atom stereocenters. The SMILES string of the molecule is Nc1cc(C(=O)O)ccc1NC(=O)c1ccn[nH]1. The van der Waals surface area contributed by atoms with E-state index in [1.54, 1.807) is 0 Å². The molecule has 0 aliphatic heterocycles. The van der Waals surface area contributed by atoms with Crippen LogP contribution < -0.4 is 11.1 Å². The summed E-state index contributed by atoms with van der Waals surface area (Å²) in [7, 11) is 0. The maximum Gasteiger partial charge on any atom is 0.335 e. The molecule has 7 nitrogen and oxygen atoms in total. The highest BCUT2D eigenvalue weighted by atomic mass is 16.4. The molecular weight excluding hydrogens is 236 g/mol. The first-order valence-corrected chi connectivity index (χ1v) is 5.01. The molecule has 2 aromatic rings. The third-order valence-electron chi connectivity index (χ3n) is 2.29. The summed E-state index contributed by atoms with van der Waals surface area (Å²) in [5, 5.41) is 17.5. The summed E-state index contributed by atoms with van der Waals surface area (Å²) in [6.07, 6.45) is 1.45. The molecule has 5 N–H and O–H groups in total. The number of aromatic amines is 1. The number of carboxylic acids is 1. The highest BCUT2D eigenvalue weighted by Crippen LogP contribution is 2.20. The number of carbonyl (C=O) groups excluding carboxylic acids is 1. The molecule has 0 spiro atoms. The maximum atomic E-state index is 11.7. The van der Waals surface area contributed by atoms with Gasteiger partial charge in [0.15, 0.2) is 0 Å². The van der Waals surface area contributed by atoms with Crippen LogP contribution in [-0.2, 0) is 0 Å². The topological polar surface area (TPSA) is 121 Å². The Balaban J connectivity index is 2.20. The molecule has 7 heteroatoms. The number of nitrogens with one attached hydrogen (secondary N) is 2. The Morgan fingerprint density at radius 3 is 2.67 bits per heavy atom. The van der Waals surface area contributed by atoms with E-state index < -0.39 is 11.9 Å². The van der Waals surface area contributed by atoms with E-state index >= 15 is 0 Å². The minimum absolute atomic E-state index is 0.0621. The molecule has 0 fully saturated rings. The van der Waals surface area contributed by atoms with Gasteiger partial charge in [0.1, 0.15) is 5.69 Å². The number of aromatic nitrogens is 2.